The molecule has 0 saturated heterocycles. The van der Waals surface area contributed by atoms with Crippen molar-refractivity contribution in [2.75, 3.05) is 0 Å². The fourth-order valence-electron chi connectivity index (χ4n) is 1.48. The molecule has 2 heterocycles. The summed E-state index contributed by atoms with van der Waals surface area (Å²) in [5.74, 6) is -4.65. The van der Waals surface area contributed by atoms with Crippen LogP contribution in [-0.4, -0.2) is 39.5 Å². The Kier molecular flexibility index (Phi) is 4.71. The van der Waals surface area contributed by atoms with Gasteiger partial charge < -0.3 is 40.5 Å². The van der Waals surface area contributed by atoms with E-state index in [1.165, 1.54) is 0 Å². The Morgan fingerprint density at radius 3 is 1.23 bits per heavy atom. The van der Waals surface area contributed by atoms with Gasteiger partial charge >= 0.3 is 23.3 Å². The largest absolute Gasteiger partial charge is 0.442 e. The van der Waals surface area contributed by atoms with Gasteiger partial charge in [0, 0.05) is 0 Å². The van der Waals surface area contributed by atoms with E-state index in [1.54, 1.807) is 0 Å². The van der Waals surface area contributed by atoms with Gasteiger partial charge in [0.2, 0.25) is 10.0 Å². The van der Waals surface area contributed by atoms with Crippen molar-refractivity contribution < 1.29 is 19.7 Å². The molecule has 2 aromatic rings. The smallest absolute Gasteiger partial charge is 0.358 e. The Morgan fingerprint density at radius 1 is 0.692 bits per heavy atom. The summed E-state index contributed by atoms with van der Waals surface area (Å²) in [6, 6.07) is 0. The fourth-order valence-corrected chi connectivity index (χ4v) is 1.98. The summed E-state index contributed by atoms with van der Waals surface area (Å²) < 4.78 is 0. The minimum absolute atomic E-state index is 0.0222. The van der Waals surface area contributed by atoms with Crippen molar-refractivity contribution in [2.24, 2.45) is 10.4 Å². The number of nitro groups is 4. The lowest BCUT2D eigenvalue weighted by Gasteiger charge is -1.89. The molecule has 0 amide bonds. The van der Waals surface area contributed by atoms with Crippen LogP contribution in [0.4, 0.5) is 23.3 Å². The van der Waals surface area contributed by atoms with Crippen LogP contribution < -0.4 is 0 Å². The average Bonchev–Trinajstić information content (AvgIpc) is 3.02. The molecule has 18 nitrogen and oxygen atoms in total. The van der Waals surface area contributed by atoms with Gasteiger partial charge in [-0.2, -0.15) is 0 Å². The minimum Gasteiger partial charge on any atom is -0.358 e. The summed E-state index contributed by atoms with van der Waals surface area (Å²) in [5.41, 5.74) is 0. The first kappa shape index (κ1) is 18.5. The maximum atomic E-state index is 10.9. The van der Waals surface area contributed by atoms with E-state index in [2.05, 4.69) is 20.6 Å². The first-order valence-corrected chi connectivity index (χ1v) is 6.38. The van der Waals surface area contributed by atoms with E-state index < -0.39 is 53.0 Å². The molecule has 0 radical (unpaired) electrons. The molecule has 0 fully saturated rings. The first-order chi connectivity index (χ1) is 12.1. The maximum absolute atomic E-state index is 10.9. The number of aromatic nitrogens is 4. The monoisotopic (exact) mass is 410 g/mol. The molecular formula is C6Cl2N10O8. The van der Waals surface area contributed by atoms with E-state index in [9.17, 15) is 40.5 Å². The van der Waals surface area contributed by atoms with Crippen LogP contribution in [0.25, 0.3) is 0 Å². The zero-order valence-electron chi connectivity index (χ0n) is 11.5. The van der Waals surface area contributed by atoms with Crippen molar-refractivity contribution in [3.8, 4) is 0 Å². The topological polar surface area (TPSA) is 233 Å². The van der Waals surface area contributed by atoms with Crippen molar-refractivity contribution in [3.63, 3.8) is 0 Å². The van der Waals surface area contributed by atoms with Gasteiger partial charge in [0.1, 0.15) is 20.0 Å². The normalized spacial score (nSPS) is 11.0. The Balaban J connectivity index is 2.61. The third-order valence-corrected chi connectivity index (χ3v) is 3.12. The number of nitrogens with zero attached hydrogens (tertiary/aromatic N) is 10. The van der Waals surface area contributed by atoms with Gasteiger partial charge in [-0.05, 0) is 19.7 Å². The Labute approximate surface area is 147 Å². The van der Waals surface area contributed by atoms with Gasteiger partial charge in [-0.3, -0.25) is 0 Å². The molecule has 0 spiro atoms. The van der Waals surface area contributed by atoms with E-state index >= 15 is 0 Å². The van der Waals surface area contributed by atoms with Crippen LogP contribution in [0.1, 0.15) is 0 Å². The zero-order chi connectivity index (χ0) is 19.8. The Morgan fingerprint density at radius 2 is 1.00 bits per heavy atom. The van der Waals surface area contributed by atoms with Gasteiger partial charge in [0.05, 0.1) is 0 Å². The van der Waals surface area contributed by atoms with Crippen LogP contribution in [0.15, 0.2) is 10.4 Å². The van der Waals surface area contributed by atoms with E-state index in [0.717, 1.165) is 0 Å². The molecular weight excluding hydrogens is 411 g/mol. The average molecular weight is 411 g/mol. The highest BCUT2D eigenvalue weighted by Gasteiger charge is 2.40. The van der Waals surface area contributed by atoms with Crippen LogP contribution in [0.3, 0.4) is 0 Å². The number of halogens is 2. The molecule has 0 bridgehead atoms. The SMILES string of the molecule is O=[N+]([O-])c1nn(/N=N/n2nc([N+](=O)[O-])c(Cl)c2[N+](=O)[O-])c([N+](=O)[O-])c1Cl. The zero-order valence-corrected chi connectivity index (χ0v) is 13.0. The molecule has 0 aliphatic carbocycles. The standard InChI is InChI=1S/C6Cl2N10O8/c7-1-3(15(19)20)9-13(5(1)17(23)24)11-12-14-6(18(25)26)2(8)4(10-14)16(21)22/b12-11+. The Bertz CT molecular complexity index is 914. The molecule has 2 rings (SSSR count). The lowest BCUT2D eigenvalue weighted by atomic mass is 10.6. The van der Waals surface area contributed by atoms with Crippen molar-refractivity contribution in [1.82, 2.24) is 19.8 Å². The van der Waals surface area contributed by atoms with Crippen LogP contribution in [-0.2, 0) is 0 Å². The molecule has 0 aromatic carbocycles. The number of hydrogen-bond acceptors (Lipinski definition) is 12. The van der Waals surface area contributed by atoms with Crippen LogP contribution >= 0.6 is 23.2 Å². The van der Waals surface area contributed by atoms with Crippen LogP contribution in [0.5, 0.6) is 0 Å². The maximum Gasteiger partial charge on any atom is 0.442 e. The summed E-state index contributed by atoms with van der Waals surface area (Å²) in [6.07, 6.45) is 0. The number of hydrogen-bond donors (Lipinski definition) is 0. The van der Waals surface area contributed by atoms with Crippen molar-refractivity contribution in [3.05, 3.63) is 50.5 Å². The second-order valence-corrected chi connectivity index (χ2v) is 4.66. The van der Waals surface area contributed by atoms with Gasteiger partial charge in [-0.15, -0.1) is 0 Å². The quantitative estimate of drug-likeness (QED) is 0.379. The fraction of sp³-hybridized carbons (Fsp3) is 0. The lowest BCUT2D eigenvalue weighted by molar-refractivity contribution is -0.395. The molecule has 0 saturated carbocycles. The molecule has 2 aromatic heterocycles. The summed E-state index contributed by atoms with van der Waals surface area (Å²) in [5, 5.41) is 53.5. The van der Waals surface area contributed by atoms with Gasteiger partial charge in [-0.25, -0.2) is 0 Å². The minimum atomic E-state index is -1.19. The molecule has 26 heavy (non-hydrogen) atoms. The highest BCUT2D eigenvalue weighted by Crippen LogP contribution is 2.34. The van der Waals surface area contributed by atoms with Crippen molar-refractivity contribution in [1.29, 1.82) is 0 Å². The first-order valence-electron chi connectivity index (χ1n) is 5.63. The second-order valence-electron chi connectivity index (χ2n) is 3.91. The summed E-state index contributed by atoms with van der Waals surface area (Å²) in [4.78, 5) is 38.5. The molecule has 0 aliphatic heterocycles. The molecule has 0 aliphatic rings. The highest BCUT2D eigenvalue weighted by molar-refractivity contribution is 6.34. The van der Waals surface area contributed by atoms with Gasteiger partial charge in [0.15, 0.2) is 10.2 Å². The van der Waals surface area contributed by atoms with Gasteiger partial charge in [-0.1, -0.05) is 23.2 Å². The molecule has 20 heteroatoms. The molecule has 0 unspecified atom stereocenters. The second kappa shape index (κ2) is 6.60. The van der Waals surface area contributed by atoms with E-state index in [4.69, 9.17) is 23.2 Å². The van der Waals surface area contributed by atoms with Crippen LogP contribution in [0, 0.1) is 40.5 Å². The lowest BCUT2D eigenvalue weighted by Crippen LogP contribution is -2.02. The summed E-state index contributed by atoms with van der Waals surface area (Å²) in [6.45, 7) is 0. The third-order valence-electron chi connectivity index (χ3n) is 2.44. The van der Waals surface area contributed by atoms with Gasteiger partial charge in [0.25, 0.3) is 0 Å². The highest BCUT2D eigenvalue weighted by atomic mass is 35.5. The number of rotatable bonds is 6. The molecule has 0 atom stereocenters. The van der Waals surface area contributed by atoms with E-state index in [-0.39, 0.29) is 9.58 Å². The van der Waals surface area contributed by atoms with Crippen LogP contribution in [0.2, 0.25) is 10.0 Å². The van der Waals surface area contributed by atoms with E-state index in [1.807, 2.05) is 0 Å². The van der Waals surface area contributed by atoms with Crippen molar-refractivity contribution in [2.45, 2.75) is 0 Å². The summed E-state index contributed by atoms with van der Waals surface area (Å²) >= 11 is 10.9. The summed E-state index contributed by atoms with van der Waals surface area (Å²) in [7, 11) is 0. The predicted molar refractivity (Wildman–Crippen MR) is 76.7 cm³/mol. The van der Waals surface area contributed by atoms with Crippen molar-refractivity contribution >= 4 is 46.5 Å². The molecule has 0 N–H and O–H groups in total. The predicted octanol–water partition coefficient (Wildman–Crippen LogP) is 1.70. The third kappa shape index (κ3) is 3.08. The Hall–Kier alpha value is -3.80. The van der Waals surface area contributed by atoms with E-state index in [0.29, 0.717) is 0 Å². The molecule has 136 valence electrons.